The van der Waals surface area contributed by atoms with Gasteiger partial charge in [0, 0.05) is 49.9 Å². The van der Waals surface area contributed by atoms with Crippen molar-refractivity contribution in [2.24, 2.45) is 11.3 Å². The average molecular weight is 499 g/mol. The highest BCUT2D eigenvalue weighted by molar-refractivity contribution is 5.99. The van der Waals surface area contributed by atoms with Crippen LogP contribution in [0, 0.1) is 11.3 Å². The van der Waals surface area contributed by atoms with Crippen molar-refractivity contribution in [1.29, 1.82) is 0 Å². The molecule has 3 aliphatic rings. The van der Waals surface area contributed by atoms with E-state index < -0.39 is 12.1 Å². The predicted octanol–water partition coefficient (Wildman–Crippen LogP) is 2.57. The van der Waals surface area contributed by atoms with E-state index in [0.29, 0.717) is 18.5 Å². The summed E-state index contributed by atoms with van der Waals surface area (Å²) in [5.41, 5.74) is 1.46. The molecule has 0 spiro atoms. The van der Waals surface area contributed by atoms with Crippen molar-refractivity contribution >= 4 is 23.3 Å². The van der Waals surface area contributed by atoms with E-state index in [-0.39, 0.29) is 41.6 Å². The zero-order valence-corrected chi connectivity index (χ0v) is 22.5. The number of ether oxygens (including phenoxy) is 1. The first kappa shape index (κ1) is 26.6. The van der Waals surface area contributed by atoms with Crippen LogP contribution in [-0.4, -0.2) is 91.5 Å². The number of carbonyl (C=O) groups is 3. The van der Waals surface area contributed by atoms with Crippen LogP contribution in [0.3, 0.4) is 0 Å². The summed E-state index contributed by atoms with van der Waals surface area (Å²) in [6.07, 6.45) is 1.41. The molecule has 198 valence electrons. The number of anilines is 1. The van der Waals surface area contributed by atoms with E-state index in [2.05, 4.69) is 22.0 Å². The number of nitrogens with zero attached hydrogens (tertiary/aromatic N) is 3. The third kappa shape index (κ3) is 5.92. The minimum atomic E-state index is -0.705. The minimum Gasteiger partial charge on any atom is -0.369 e. The molecular formula is C28H42N4O4. The number of fused-ring (bicyclic) bond motifs is 1. The number of nitrogens with one attached hydrogen (secondary N) is 1. The molecule has 0 aliphatic carbocycles. The van der Waals surface area contributed by atoms with E-state index in [1.807, 2.05) is 52.0 Å². The average Bonchev–Trinajstić information content (AvgIpc) is 3.38. The molecule has 8 nitrogen and oxygen atoms in total. The van der Waals surface area contributed by atoms with E-state index in [9.17, 15) is 14.4 Å². The molecule has 2 amide bonds. The van der Waals surface area contributed by atoms with Gasteiger partial charge in [-0.1, -0.05) is 34.6 Å². The third-order valence-corrected chi connectivity index (χ3v) is 7.55. The number of piperazine rings is 1. The molecule has 1 aromatic rings. The van der Waals surface area contributed by atoms with Crippen molar-refractivity contribution in [2.75, 3.05) is 50.8 Å². The van der Waals surface area contributed by atoms with Crippen LogP contribution in [0.15, 0.2) is 24.3 Å². The first-order chi connectivity index (χ1) is 17.1. The molecule has 8 heteroatoms. The van der Waals surface area contributed by atoms with Gasteiger partial charge in [-0.2, -0.15) is 0 Å². The Balaban J connectivity index is 1.43. The molecule has 3 aliphatic heterocycles. The number of carbonyl (C=O) groups excluding carboxylic acids is 3. The SMILES string of the molecule is CCCN1CCN(c2ccc(C(=O)N[C@@H](CC(C)(C)C)C(=O)N3C[C@H](C)[C@H]4OCC(=O)[C@H]43)cc2)CC1. The molecule has 3 heterocycles. The Morgan fingerprint density at radius 3 is 2.39 bits per heavy atom. The van der Waals surface area contributed by atoms with Crippen molar-refractivity contribution in [3.05, 3.63) is 29.8 Å². The van der Waals surface area contributed by atoms with E-state index in [0.717, 1.165) is 38.4 Å². The maximum Gasteiger partial charge on any atom is 0.251 e. The lowest BCUT2D eigenvalue weighted by Gasteiger charge is -2.36. The Hall–Kier alpha value is -2.45. The first-order valence-electron chi connectivity index (χ1n) is 13.4. The van der Waals surface area contributed by atoms with Gasteiger partial charge in [0.25, 0.3) is 5.91 Å². The van der Waals surface area contributed by atoms with E-state index >= 15 is 0 Å². The Morgan fingerprint density at radius 1 is 1.11 bits per heavy atom. The molecular weight excluding hydrogens is 456 g/mol. The second-order valence-corrected chi connectivity index (χ2v) is 11.8. The number of rotatable bonds is 7. The standard InChI is InChI=1S/C28H42N4O4/c1-6-11-30-12-14-31(15-13-30)21-9-7-20(8-10-21)26(34)29-22(16-28(3,4)5)27(35)32-17-19(2)25-24(32)23(33)18-36-25/h7-10,19,22,24-25H,6,11-18H2,1-5H3,(H,29,34)/t19-,22-,24+,25+/m0/s1. The van der Waals surface area contributed by atoms with Gasteiger partial charge in [-0.05, 0) is 49.1 Å². The van der Waals surface area contributed by atoms with Crippen LogP contribution < -0.4 is 10.2 Å². The quantitative estimate of drug-likeness (QED) is 0.622. The monoisotopic (exact) mass is 498 g/mol. The second kappa shape index (κ2) is 10.9. The number of benzene rings is 1. The third-order valence-electron chi connectivity index (χ3n) is 7.55. The number of Topliss-reactive ketones (excluding diaryl/α,β-unsaturated/α-hetero) is 1. The van der Waals surface area contributed by atoms with E-state index in [4.69, 9.17) is 4.74 Å². The molecule has 1 N–H and O–H groups in total. The fraction of sp³-hybridized carbons (Fsp3) is 0.679. The molecule has 36 heavy (non-hydrogen) atoms. The lowest BCUT2D eigenvalue weighted by molar-refractivity contribution is -0.138. The summed E-state index contributed by atoms with van der Waals surface area (Å²) in [6, 6.07) is 6.42. The van der Waals surface area contributed by atoms with Crippen LogP contribution >= 0.6 is 0 Å². The molecule has 3 saturated heterocycles. The molecule has 4 atom stereocenters. The van der Waals surface area contributed by atoms with Gasteiger partial charge >= 0.3 is 0 Å². The lowest BCUT2D eigenvalue weighted by atomic mass is 9.87. The lowest BCUT2D eigenvalue weighted by Crippen LogP contribution is -2.53. The molecule has 0 bridgehead atoms. The van der Waals surface area contributed by atoms with Crippen LogP contribution in [0.1, 0.15) is 57.8 Å². The van der Waals surface area contributed by atoms with Crippen LogP contribution in [0.2, 0.25) is 0 Å². The van der Waals surface area contributed by atoms with Gasteiger partial charge in [0.05, 0.1) is 6.10 Å². The molecule has 0 saturated carbocycles. The van der Waals surface area contributed by atoms with Gasteiger partial charge < -0.3 is 19.9 Å². The van der Waals surface area contributed by atoms with Gasteiger partial charge in [-0.25, -0.2) is 0 Å². The van der Waals surface area contributed by atoms with Crippen LogP contribution in [0.25, 0.3) is 0 Å². The summed E-state index contributed by atoms with van der Waals surface area (Å²) in [5.74, 6) is -0.426. The number of likely N-dealkylation sites (tertiary alicyclic amines) is 1. The molecule has 0 radical (unpaired) electrons. The summed E-state index contributed by atoms with van der Waals surface area (Å²) in [6.45, 7) is 16.1. The highest BCUT2D eigenvalue weighted by Gasteiger charge is 2.51. The maximum absolute atomic E-state index is 13.7. The summed E-state index contributed by atoms with van der Waals surface area (Å²) < 4.78 is 5.65. The predicted molar refractivity (Wildman–Crippen MR) is 140 cm³/mol. The number of amides is 2. The highest BCUT2D eigenvalue weighted by atomic mass is 16.5. The Kier molecular flexibility index (Phi) is 8.05. The smallest absolute Gasteiger partial charge is 0.251 e. The van der Waals surface area contributed by atoms with Gasteiger partial charge in [-0.15, -0.1) is 0 Å². The fourth-order valence-electron chi connectivity index (χ4n) is 5.74. The molecule has 0 unspecified atom stereocenters. The second-order valence-electron chi connectivity index (χ2n) is 11.8. The maximum atomic E-state index is 13.7. The minimum absolute atomic E-state index is 0.0512. The number of hydrogen-bond acceptors (Lipinski definition) is 6. The van der Waals surface area contributed by atoms with Crippen molar-refractivity contribution < 1.29 is 19.1 Å². The largest absolute Gasteiger partial charge is 0.369 e. The Labute approximate surface area is 215 Å². The van der Waals surface area contributed by atoms with Crippen molar-refractivity contribution in [2.45, 2.75) is 65.6 Å². The van der Waals surface area contributed by atoms with Gasteiger partial charge in [0.1, 0.15) is 18.7 Å². The Morgan fingerprint density at radius 2 is 1.78 bits per heavy atom. The fourth-order valence-corrected chi connectivity index (χ4v) is 5.74. The zero-order valence-electron chi connectivity index (χ0n) is 22.5. The first-order valence-corrected chi connectivity index (χ1v) is 13.4. The number of hydrogen-bond donors (Lipinski definition) is 1. The molecule has 0 aromatic heterocycles. The number of ketones is 1. The zero-order chi connectivity index (χ0) is 26.0. The van der Waals surface area contributed by atoms with Crippen molar-refractivity contribution in [1.82, 2.24) is 15.1 Å². The van der Waals surface area contributed by atoms with Crippen LogP contribution in [-0.2, 0) is 14.3 Å². The van der Waals surface area contributed by atoms with Gasteiger partial charge in [0.2, 0.25) is 5.91 Å². The molecule has 3 fully saturated rings. The van der Waals surface area contributed by atoms with E-state index in [1.54, 1.807) is 4.90 Å². The van der Waals surface area contributed by atoms with E-state index in [1.165, 1.54) is 6.42 Å². The normalized spacial score (nSPS) is 25.7. The van der Waals surface area contributed by atoms with Crippen molar-refractivity contribution in [3.8, 4) is 0 Å². The molecule has 1 aromatic carbocycles. The topological polar surface area (TPSA) is 82.2 Å². The van der Waals surface area contributed by atoms with Crippen LogP contribution in [0.5, 0.6) is 0 Å². The summed E-state index contributed by atoms with van der Waals surface area (Å²) in [4.78, 5) is 45.8. The molecule has 4 rings (SSSR count). The summed E-state index contributed by atoms with van der Waals surface area (Å²) in [7, 11) is 0. The summed E-state index contributed by atoms with van der Waals surface area (Å²) in [5, 5.41) is 2.99. The highest BCUT2D eigenvalue weighted by Crippen LogP contribution is 2.33. The van der Waals surface area contributed by atoms with Gasteiger partial charge in [0.15, 0.2) is 5.78 Å². The van der Waals surface area contributed by atoms with Crippen LogP contribution in [0.4, 0.5) is 5.69 Å². The van der Waals surface area contributed by atoms with Gasteiger partial charge in [-0.3, -0.25) is 19.3 Å². The Bertz CT molecular complexity index is 949. The summed E-state index contributed by atoms with van der Waals surface area (Å²) >= 11 is 0. The van der Waals surface area contributed by atoms with Crippen molar-refractivity contribution in [3.63, 3.8) is 0 Å².